The molecule has 0 unspecified atom stereocenters. The molecule has 4 nitrogen and oxygen atoms in total. The topological polar surface area (TPSA) is 58.2 Å². The van der Waals surface area contributed by atoms with E-state index in [-0.39, 0.29) is 0 Å². The van der Waals surface area contributed by atoms with Crippen LogP contribution in [-0.2, 0) is 9.84 Å². The van der Waals surface area contributed by atoms with Crippen molar-refractivity contribution in [3.63, 3.8) is 0 Å². The van der Waals surface area contributed by atoms with E-state index in [1.54, 1.807) is 24.3 Å². The third kappa shape index (κ3) is 10.2. The van der Waals surface area contributed by atoms with E-state index < -0.39 is 9.84 Å². The van der Waals surface area contributed by atoms with Gasteiger partial charge in [-0.15, -0.1) is 0 Å². The zero-order chi connectivity index (χ0) is 23.8. The van der Waals surface area contributed by atoms with Gasteiger partial charge in [0.25, 0.3) is 0 Å². The van der Waals surface area contributed by atoms with E-state index in [0.29, 0.717) is 9.79 Å². The van der Waals surface area contributed by atoms with Gasteiger partial charge >= 0.3 is 0 Å². The average Bonchev–Trinajstić information content (AvgIpc) is 2.83. The van der Waals surface area contributed by atoms with E-state index in [4.69, 9.17) is 0 Å². The Hall–Kier alpha value is -2.01. The minimum Gasteiger partial charge on any atom is -0.385 e. The van der Waals surface area contributed by atoms with Gasteiger partial charge in [-0.1, -0.05) is 90.2 Å². The lowest BCUT2D eigenvalue weighted by atomic mass is 10.1. The van der Waals surface area contributed by atoms with Crippen molar-refractivity contribution in [3.8, 4) is 0 Å². The molecule has 2 rings (SSSR count). The Balaban J connectivity index is 1.88. The van der Waals surface area contributed by atoms with Crippen LogP contribution in [-0.4, -0.2) is 21.5 Å². The van der Waals surface area contributed by atoms with Crippen LogP contribution in [0.1, 0.15) is 90.9 Å². The van der Waals surface area contributed by atoms with Crippen LogP contribution in [0.15, 0.2) is 58.3 Å². The van der Waals surface area contributed by atoms with E-state index in [2.05, 4.69) is 24.5 Å². The zero-order valence-corrected chi connectivity index (χ0v) is 21.6. The van der Waals surface area contributed by atoms with Gasteiger partial charge < -0.3 is 10.6 Å². The smallest absolute Gasteiger partial charge is 0.206 e. The van der Waals surface area contributed by atoms with Crippen LogP contribution in [0.3, 0.4) is 0 Å². The second-order valence-electron chi connectivity index (χ2n) is 8.95. The third-order valence-electron chi connectivity index (χ3n) is 6.01. The minimum atomic E-state index is -3.56. The molecule has 0 amide bonds. The summed E-state index contributed by atoms with van der Waals surface area (Å²) >= 11 is 0. The summed E-state index contributed by atoms with van der Waals surface area (Å²) in [5.74, 6) is 0. The van der Waals surface area contributed by atoms with Crippen molar-refractivity contribution in [1.29, 1.82) is 0 Å². The number of hydrogen-bond acceptors (Lipinski definition) is 4. The van der Waals surface area contributed by atoms with E-state index in [1.807, 2.05) is 24.3 Å². The molecule has 33 heavy (non-hydrogen) atoms. The number of nitrogens with one attached hydrogen (secondary N) is 2. The first-order chi connectivity index (χ1) is 16.1. The van der Waals surface area contributed by atoms with Crippen LogP contribution in [0.2, 0.25) is 0 Å². The molecule has 0 radical (unpaired) electrons. The first-order valence-electron chi connectivity index (χ1n) is 13.0. The summed E-state index contributed by atoms with van der Waals surface area (Å²) in [6.45, 7) is 6.19. The summed E-state index contributed by atoms with van der Waals surface area (Å²) in [5.41, 5.74) is 1.73. The molecule has 5 heteroatoms. The second-order valence-corrected chi connectivity index (χ2v) is 10.9. The molecular weight excluding hydrogens is 428 g/mol. The van der Waals surface area contributed by atoms with Gasteiger partial charge in [0, 0.05) is 24.5 Å². The van der Waals surface area contributed by atoms with Gasteiger partial charge in [-0.05, 0) is 49.2 Å². The van der Waals surface area contributed by atoms with Crippen LogP contribution in [0.25, 0.3) is 0 Å². The van der Waals surface area contributed by atoms with Crippen molar-refractivity contribution in [2.24, 2.45) is 0 Å². The summed E-state index contributed by atoms with van der Waals surface area (Å²) in [6, 6.07) is 14.4. The Morgan fingerprint density at radius 3 is 1.39 bits per heavy atom. The molecular formula is C28H44N2O2S. The van der Waals surface area contributed by atoms with Gasteiger partial charge in [0.05, 0.1) is 9.79 Å². The largest absolute Gasteiger partial charge is 0.385 e. The van der Waals surface area contributed by atoms with E-state index in [1.165, 1.54) is 64.2 Å². The molecule has 0 atom stereocenters. The summed E-state index contributed by atoms with van der Waals surface area (Å²) in [5, 5.41) is 6.77. The first-order valence-corrected chi connectivity index (χ1v) is 14.5. The number of benzene rings is 2. The van der Waals surface area contributed by atoms with Gasteiger partial charge in [0.15, 0.2) is 0 Å². The van der Waals surface area contributed by atoms with Gasteiger partial charge in [-0.3, -0.25) is 0 Å². The summed E-state index contributed by atoms with van der Waals surface area (Å²) < 4.78 is 26.5. The summed E-state index contributed by atoms with van der Waals surface area (Å²) in [6.07, 6.45) is 14.9. The molecule has 0 aliphatic heterocycles. The number of hydrogen-bond donors (Lipinski definition) is 2. The highest BCUT2D eigenvalue weighted by atomic mass is 32.2. The zero-order valence-electron chi connectivity index (χ0n) is 20.7. The maximum absolute atomic E-state index is 13.2. The molecule has 0 aliphatic carbocycles. The van der Waals surface area contributed by atoms with Crippen LogP contribution in [0.5, 0.6) is 0 Å². The number of anilines is 2. The highest BCUT2D eigenvalue weighted by Crippen LogP contribution is 2.25. The Labute approximate surface area is 202 Å². The molecule has 0 aliphatic rings. The second kappa shape index (κ2) is 15.8. The van der Waals surface area contributed by atoms with E-state index >= 15 is 0 Å². The third-order valence-corrected chi connectivity index (χ3v) is 7.76. The molecule has 184 valence electrons. The molecule has 0 bridgehead atoms. The summed E-state index contributed by atoms with van der Waals surface area (Å²) in [4.78, 5) is 0.673. The fourth-order valence-corrected chi connectivity index (χ4v) is 5.31. The monoisotopic (exact) mass is 472 g/mol. The lowest BCUT2D eigenvalue weighted by Gasteiger charge is -2.11. The molecule has 0 aromatic heterocycles. The van der Waals surface area contributed by atoms with Crippen molar-refractivity contribution in [2.45, 2.75) is 101 Å². The molecule has 0 saturated heterocycles. The van der Waals surface area contributed by atoms with Crippen LogP contribution < -0.4 is 10.6 Å². The van der Waals surface area contributed by atoms with Gasteiger partial charge in [0.1, 0.15) is 0 Å². The maximum Gasteiger partial charge on any atom is 0.206 e. The average molecular weight is 473 g/mol. The lowest BCUT2D eigenvalue weighted by molar-refractivity contribution is 0.596. The molecule has 0 fully saturated rings. The first kappa shape index (κ1) is 27.2. The highest BCUT2D eigenvalue weighted by molar-refractivity contribution is 7.91. The number of sulfone groups is 1. The molecule has 2 N–H and O–H groups in total. The lowest BCUT2D eigenvalue weighted by Crippen LogP contribution is -2.06. The van der Waals surface area contributed by atoms with Crippen LogP contribution in [0, 0.1) is 0 Å². The van der Waals surface area contributed by atoms with E-state index in [0.717, 1.165) is 37.3 Å². The van der Waals surface area contributed by atoms with Crippen LogP contribution >= 0.6 is 0 Å². The number of rotatable bonds is 18. The van der Waals surface area contributed by atoms with Crippen molar-refractivity contribution < 1.29 is 8.42 Å². The Kier molecular flexibility index (Phi) is 13.0. The Bertz CT molecular complexity index is 829. The quantitative estimate of drug-likeness (QED) is 0.215. The predicted molar refractivity (Wildman–Crippen MR) is 142 cm³/mol. The number of unbranched alkanes of at least 4 members (excludes halogenated alkanes) is 10. The van der Waals surface area contributed by atoms with Crippen molar-refractivity contribution in [3.05, 3.63) is 48.5 Å². The van der Waals surface area contributed by atoms with Crippen molar-refractivity contribution in [1.82, 2.24) is 0 Å². The van der Waals surface area contributed by atoms with Crippen LogP contribution in [0.4, 0.5) is 11.4 Å². The molecule has 2 aromatic rings. The predicted octanol–water partition coefficient (Wildman–Crippen LogP) is 8.06. The highest BCUT2D eigenvalue weighted by Gasteiger charge is 2.18. The summed E-state index contributed by atoms with van der Waals surface area (Å²) in [7, 11) is -3.56. The molecule has 0 saturated carbocycles. The normalized spacial score (nSPS) is 11.5. The van der Waals surface area contributed by atoms with Crippen molar-refractivity contribution in [2.75, 3.05) is 23.7 Å². The minimum absolute atomic E-state index is 0.337. The SMILES string of the molecule is CCCCCCCCNc1cccc(S(=O)(=O)c2cccc(NCCCCCCCC)c2)c1. The van der Waals surface area contributed by atoms with Gasteiger partial charge in [-0.25, -0.2) is 8.42 Å². The van der Waals surface area contributed by atoms with Gasteiger partial charge in [0.2, 0.25) is 9.84 Å². The fourth-order valence-electron chi connectivity index (χ4n) is 3.96. The van der Waals surface area contributed by atoms with E-state index in [9.17, 15) is 8.42 Å². The molecule has 2 aromatic carbocycles. The Morgan fingerprint density at radius 2 is 0.970 bits per heavy atom. The molecule has 0 spiro atoms. The maximum atomic E-state index is 13.2. The van der Waals surface area contributed by atoms with Gasteiger partial charge in [-0.2, -0.15) is 0 Å². The van der Waals surface area contributed by atoms with Crippen molar-refractivity contribution >= 4 is 21.2 Å². The standard InChI is InChI=1S/C28H44N2O2S/c1-3-5-7-9-11-13-21-29-25-17-15-19-27(23-25)33(31,32)28-20-16-18-26(24-28)30-22-14-12-10-8-6-4-2/h15-20,23-24,29-30H,3-14,21-22H2,1-2H3. The fraction of sp³-hybridized carbons (Fsp3) is 0.571. The molecule has 0 heterocycles. The Morgan fingerprint density at radius 1 is 0.576 bits per heavy atom.